The van der Waals surface area contributed by atoms with Gasteiger partial charge >= 0.3 is 5.97 Å². The van der Waals surface area contributed by atoms with Crippen LogP contribution in [0.15, 0.2) is 16.6 Å². The van der Waals surface area contributed by atoms with E-state index in [1.165, 1.54) is 7.11 Å². The zero-order valence-electron chi connectivity index (χ0n) is 13.0. The van der Waals surface area contributed by atoms with Crippen LogP contribution in [0.25, 0.3) is 11.3 Å². The molecule has 0 aliphatic rings. The van der Waals surface area contributed by atoms with E-state index in [9.17, 15) is 9.59 Å². The quantitative estimate of drug-likeness (QED) is 0.671. The van der Waals surface area contributed by atoms with Crippen LogP contribution in [0.3, 0.4) is 0 Å². The number of nitrogens with two attached hydrogens (primary N) is 1. The Bertz CT molecular complexity index is 762. The number of methoxy groups -OCH3 is 1. The number of aromatic amines is 1. The third kappa shape index (κ3) is 3.82. The Kier molecular flexibility index (Phi) is 5.74. The molecule has 128 valence electrons. The molecule has 1 aromatic heterocycles. The molecule has 0 aliphatic heterocycles. The number of halogens is 1. The fourth-order valence-corrected chi connectivity index (χ4v) is 2.41. The minimum atomic E-state index is -0.613. The van der Waals surface area contributed by atoms with Crippen LogP contribution in [-0.2, 0) is 9.53 Å². The van der Waals surface area contributed by atoms with Gasteiger partial charge in [0.2, 0.25) is 0 Å². The summed E-state index contributed by atoms with van der Waals surface area (Å²) in [4.78, 5) is 22.8. The maximum Gasteiger partial charge on any atom is 0.361 e. The van der Waals surface area contributed by atoms with Gasteiger partial charge in [0.25, 0.3) is 5.91 Å². The first-order valence-corrected chi connectivity index (χ1v) is 7.64. The molecule has 0 unspecified atom stereocenters. The number of nitrogens with zero attached hydrogens (tertiary/aromatic N) is 2. The largest absolute Gasteiger partial charge is 0.493 e. The number of ether oxygens (including phenoxy) is 3. The molecule has 2 aromatic rings. The molecule has 1 aromatic carbocycles. The Balaban J connectivity index is 2.43. The number of hydrogen-bond acceptors (Lipinski definition) is 7. The average molecular weight is 399 g/mol. The first kappa shape index (κ1) is 17.7. The van der Waals surface area contributed by atoms with Gasteiger partial charge in [-0.15, -0.1) is 5.10 Å². The minimum absolute atomic E-state index is 0.0467. The van der Waals surface area contributed by atoms with Crippen molar-refractivity contribution < 1.29 is 23.8 Å². The molecule has 2 rings (SSSR count). The smallest absolute Gasteiger partial charge is 0.361 e. The zero-order chi connectivity index (χ0) is 17.7. The van der Waals surface area contributed by atoms with Gasteiger partial charge in [0, 0.05) is 10.0 Å². The molecular weight excluding hydrogens is 384 g/mol. The molecule has 0 atom stereocenters. The lowest BCUT2D eigenvalue weighted by atomic mass is 10.1. The van der Waals surface area contributed by atoms with Gasteiger partial charge < -0.3 is 19.9 Å². The molecule has 0 spiro atoms. The molecule has 0 saturated carbocycles. The first-order chi connectivity index (χ1) is 11.5. The summed E-state index contributed by atoms with van der Waals surface area (Å²) < 4.78 is 16.0. The SMILES string of the molecule is CCOC(=O)c1n[nH]nc1-c1cc(OC)c(OCC(N)=O)cc1Br. The van der Waals surface area contributed by atoms with Crippen LogP contribution >= 0.6 is 15.9 Å². The van der Waals surface area contributed by atoms with Crippen molar-refractivity contribution in [1.29, 1.82) is 0 Å². The van der Waals surface area contributed by atoms with Crippen LogP contribution in [0.4, 0.5) is 0 Å². The number of aromatic nitrogens is 3. The highest BCUT2D eigenvalue weighted by Gasteiger charge is 2.22. The Labute approximate surface area is 145 Å². The van der Waals surface area contributed by atoms with Crippen LogP contribution in [0, 0.1) is 0 Å². The maximum atomic E-state index is 11.9. The number of benzene rings is 1. The number of esters is 1. The first-order valence-electron chi connectivity index (χ1n) is 6.84. The van der Waals surface area contributed by atoms with Gasteiger partial charge in [-0.25, -0.2) is 4.79 Å². The third-order valence-electron chi connectivity index (χ3n) is 2.90. The second-order valence-corrected chi connectivity index (χ2v) is 5.33. The highest BCUT2D eigenvalue weighted by Crippen LogP contribution is 2.38. The maximum absolute atomic E-state index is 11.9. The van der Waals surface area contributed by atoms with Gasteiger partial charge in [0.15, 0.2) is 23.8 Å². The van der Waals surface area contributed by atoms with E-state index in [0.717, 1.165) is 0 Å². The number of carbonyl (C=O) groups excluding carboxylic acids is 2. The Morgan fingerprint density at radius 1 is 1.29 bits per heavy atom. The third-order valence-corrected chi connectivity index (χ3v) is 3.55. The van der Waals surface area contributed by atoms with Gasteiger partial charge in [0.05, 0.1) is 13.7 Å². The molecule has 3 N–H and O–H groups in total. The fraction of sp³-hybridized carbons (Fsp3) is 0.286. The second-order valence-electron chi connectivity index (χ2n) is 4.48. The molecule has 0 radical (unpaired) electrons. The number of H-pyrrole nitrogens is 1. The van der Waals surface area contributed by atoms with Crippen molar-refractivity contribution in [2.45, 2.75) is 6.92 Å². The molecule has 10 heteroatoms. The van der Waals surface area contributed by atoms with E-state index in [0.29, 0.717) is 27.2 Å². The average Bonchev–Trinajstić information content (AvgIpc) is 3.02. The highest BCUT2D eigenvalue weighted by molar-refractivity contribution is 9.10. The van der Waals surface area contributed by atoms with Crippen LogP contribution in [-0.4, -0.2) is 47.6 Å². The van der Waals surface area contributed by atoms with E-state index in [1.54, 1.807) is 19.1 Å². The lowest BCUT2D eigenvalue weighted by Crippen LogP contribution is -2.20. The summed E-state index contributed by atoms with van der Waals surface area (Å²) >= 11 is 3.38. The number of rotatable bonds is 7. The van der Waals surface area contributed by atoms with E-state index in [4.69, 9.17) is 19.9 Å². The van der Waals surface area contributed by atoms with Crippen molar-refractivity contribution in [3.8, 4) is 22.8 Å². The lowest BCUT2D eigenvalue weighted by molar-refractivity contribution is -0.119. The van der Waals surface area contributed by atoms with Gasteiger partial charge in [-0.1, -0.05) is 0 Å². The zero-order valence-corrected chi connectivity index (χ0v) is 14.5. The summed E-state index contributed by atoms with van der Waals surface area (Å²) in [5.74, 6) is -0.556. The van der Waals surface area contributed by atoms with Crippen molar-refractivity contribution in [3.05, 3.63) is 22.3 Å². The molecule has 1 amide bonds. The van der Waals surface area contributed by atoms with Crippen molar-refractivity contribution in [2.24, 2.45) is 5.73 Å². The van der Waals surface area contributed by atoms with E-state index >= 15 is 0 Å². The van der Waals surface area contributed by atoms with Crippen LogP contribution in [0.2, 0.25) is 0 Å². The van der Waals surface area contributed by atoms with Gasteiger partial charge in [-0.3, -0.25) is 4.79 Å². The number of amides is 1. The molecule has 9 nitrogen and oxygen atoms in total. The molecule has 0 bridgehead atoms. The molecule has 1 heterocycles. The summed E-state index contributed by atoms with van der Waals surface area (Å²) in [6.45, 7) is 1.62. The molecule has 0 fully saturated rings. The van der Waals surface area contributed by atoms with E-state index in [2.05, 4.69) is 31.3 Å². The van der Waals surface area contributed by atoms with Gasteiger partial charge in [-0.05, 0) is 35.0 Å². The molecule has 0 aliphatic carbocycles. The van der Waals surface area contributed by atoms with Gasteiger partial charge in [0.1, 0.15) is 5.69 Å². The van der Waals surface area contributed by atoms with Crippen molar-refractivity contribution in [3.63, 3.8) is 0 Å². The Morgan fingerprint density at radius 3 is 2.67 bits per heavy atom. The summed E-state index contributed by atoms with van der Waals surface area (Å²) in [7, 11) is 1.44. The van der Waals surface area contributed by atoms with E-state index in [1.807, 2.05) is 0 Å². The van der Waals surface area contributed by atoms with E-state index in [-0.39, 0.29) is 18.9 Å². The Hall–Kier alpha value is -2.62. The van der Waals surface area contributed by atoms with Crippen LogP contribution in [0.5, 0.6) is 11.5 Å². The molecular formula is C14H15BrN4O5. The van der Waals surface area contributed by atoms with E-state index < -0.39 is 11.9 Å². The minimum Gasteiger partial charge on any atom is -0.493 e. The monoisotopic (exact) mass is 398 g/mol. The fourth-order valence-electron chi connectivity index (χ4n) is 1.90. The highest BCUT2D eigenvalue weighted by atomic mass is 79.9. The predicted octanol–water partition coefficient (Wildman–Crippen LogP) is 1.28. The van der Waals surface area contributed by atoms with Crippen molar-refractivity contribution >= 4 is 27.8 Å². The number of hydrogen-bond donors (Lipinski definition) is 2. The molecule has 0 saturated heterocycles. The van der Waals surface area contributed by atoms with Crippen LogP contribution < -0.4 is 15.2 Å². The van der Waals surface area contributed by atoms with Crippen LogP contribution in [0.1, 0.15) is 17.4 Å². The molecule has 24 heavy (non-hydrogen) atoms. The number of primary amides is 1. The number of nitrogens with one attached hydrogen (secondary N) is 1. The topological polar surface area (TPSA) is 129 Å². The van der Waals surface area contributed by atoms with Crippen molar-refractivity contribution in [1.82, 2.24) is 15.4 Å². The summed E-state index contributed by atoms with van der Waals surface area (Å²) in [6.07, 6.45) is 0. The predicted molar refractivity (Wildman–Crippen MR) is 86.7 cm³/mol. The Morgan fingerprint density at radius 2 is 2.04 bits per heavy atom. The standard InChI is InChI=1S/C14H15BrN4O5/c1-3-23-14(21)13-12(17-19-18-13)7-4-9(22-2)10(5-8(7)15)24-6-11(16)20/h4-5H,3,6H2,1-2H3,(H2,16,20)(H,17,18,19). The lowest BCUT2D eigenvalue weighted by Gasteiger charge is -2.12. The van der Waals surface area contributed by atoms with Crippen molar-refractivity contribution in [2.75, 3.05) is 20.3 Å². The summed E-state index contributed by atoms with van der Waals surface area (Å²) in [5, 5.41) is 10.2. The number of carbonyl (C=O) groups is 2. The van der Waals surface area contributed by atoms with Gasteiger partial charge in [-0.2, -0.15) is 10.3 Å². The summed E-state index contributed by atoms with van der Waals surface area (Å²) in [6, 6.07) is 3.18. The normalized spacial score (nSPS) is 10.3. The second kappa shape index (κ2) is 7.77. The summed E-state index contributed by atoms with van der Waals surface area (Å²) in [5.41, 5.74) is 5.94.